The van der Waals surface area contributed by atoms with E-state index in [1.165, 1.54) is 6.07 Å². The number of ether oxygens (including phenoxy) is 1. The molecule has 0 aliphatic rings. The molecular formula is C11H9Cl2NO2. The highest BCUT2D eigenvalue weighted by Gasteiger charge is 2.05. The lowest BCUT2D eigenvalue weighted by Gasteiger charge is -2.07. The minimum Gasteiger partial charge on any atom is -0.482 e. The quantitative estimate of drug-likeness (QED) is 0.840. The maximum atomic E-state index is 11.2. The van der Waals surface area contributed by atoms with Gasteiger partial charge in [0.2, 0.25) is 0 Å². The molecule has 16 heavy (non-hydrogen) atoms. The highest BCUT2D eigenvalue weighted by molar-refractivity contribution is 6.35. The summed E-state index contributed by atoms with van der Waals surface area (Å²) in [6.07, 6.45) is 4.98. The molecular weight excluding hydrogens is 249 g/mol. The fourth-order valence-corrected chi connectivity index (χ4v) is 1.40. The fraction of sp³-hybridized carbons (Fsp3) is 0.182. The van der Waals surface area contributed by atoms with Gasteiger partial charge < -0.3 is 10.1 Å². The lowest BCUT2D eigenvalue weighted by atomic mass is 10.3. The van der Waals surface area contributed by atoms with Crippen LogP contribution in [0.3, 0.4) is 0 Å². The van der Waals surface area contributed by atoms with E-state index < -0.39 is 0 Å². The van der Waals surface area contributed by atoms with Gasteiger partial charge in [-0.3, -0.25) is 4.79 Å². The van der Waals surface area contributed by atoms with Crippen molar-refractivity contribution in [1.82, 2.24) is 5.32 Å². The van der Waals surface area contributed by atoms with Crippen molar-refractivity contribution in [1.29, 1.82) is 0 Å². The molecule has 0 aromatic heterocycles. The van der Waals surface area contributed by atoms with Crippen LogP contribution >= 0.6 is 23.2 Å². The summed E-state index contributed by atoms with van der Waals surface area (Å²) >= 11 is 11.6. The van der Waals surface area contributed by atoms with Crippen molar-refractivity contribution in [2.45, 2.75) is 0 Å². The molecule has 84 valence electrons. The molecule has 0 saturated heterocycles. The lowest BCUT2D eigenvalue weighted by Crippen LogP contribution is -2.29. The molecule has 1 rings (SSSR count). The van der Waals surface area contributed by atoms with Crippen molar-refractivity contribution in [2.75, 3.05) is 13.2 Å². The van der Waals surface area contributed by atoms with E-state index in [0.717, 1.165) is 0 Å². The van der Waals surface area contributed by atoms with Gasteiger partial charge >= 0.3 is 0 Å². The van der Waals surface area contributed by atoms with Crippen LogP contribution in [-0.4, -0.2) is 19.1 Å². The smallest absolute Gasteiger partial charge is 0.258 e. The zero-order chi connectivity index (χ0) is 12.0. The van der Waals surface area contributed by atoms with E-state index in [4.69, 9.17) is 34.4 Å². The standard InChI is InChI=1S/C11H9Cl2NO2/c1-2-5-14-11(15)7-16-10-4-3-8(12)6-9(10)13/h1,3-4,6H,5,7H2,(H,14,15). The van der Waals surface area contributed by atoms with Gasteiger partial charge in [0, 0.05) is 5.02 Å². The van der Waals surface area contributed by atoms with Gasteiger partial charge in [-0.2, -0.15) is 0 Å². The van der Waals surface area contributed by atoms with Gasteiger partial charge in [-0.05, 0) is 18.2 Å². The van der Waals surface area contributed by atoms with Gasteiger partial charge in [0.15, 0.2) is 6.61 Å². The highest BCUT2D eigenvalue weighted by atomic mass is 35.5. The number of halogens is 2. The predicted octanol–water partition coefficient (Wildman–Crippen LogP) is 2.12. The summed E-state index contributed by atoms with van der Waals surface area (Å²) in [6, 6.07) is 4.76. The van der Waals surface area contributed by atoms with Gasteiger partial charge in [-0.15, -0.1) is 6.42 Å². The molecule has 1 amide bonds. The zero-order valence-corrected chi connectivity index (χ0v) is 9.81. The van der Waals surface area contributed by atoms with Crippen LogP contribution in [0.15, 0.2) is 18.2 Å². The number of carbonyl (C=O) groups excluding carboxylic acids is 1. The fourth-order valence-electron chi connectivity index (χ4n) is 0.936. The third-order valence-electron chi connectivity index (χ3n) is 1.64. The molecule has 0 bridgehead atoms. The van der Waals surface area contributed by atoms with Crippen LogP contribution in [0.25, 0.3) is 0 Å². The van der Waals surface area contributed by atoms with Gasteiger partial charge in [0.1, 0.15) is 5.75 Å². The first-order chi connectivity index (χ1) is 7.63. The molecule has 0 heterocycles. The van der Waals surface area contributed by atoms with Crippen LogP contribution < -0.4 is 10.1 Å². The predicted molar refractivity (Wildman–Crippen MR) is 63.8 cm³/mol. The van der Waals surface area contributed by atoms with E-state index in [-0.39, 0.29) is 19.1 Å². The van der Waals surface area contributed by atoms with E-state index in [0.29, 0.717) is 15.8 Å². The summed E-state index contributed by atoms with van der Waals surface area (Å²) in [7, 11) is 0. The minimum absolute atomic E-state index is 0.136. The number of nitrogens with one attached hydrogen (secondary N) is 1. The normalized spacial score (nSPS) is 9.31. The first-order valence-corrected chi connectivity index (χ1v) is 5.17. The second-order valence-corrected chi connectivity index (χ2v) is 3.69. The van der Waals surface area contributed by atoms with Crippen molar-refractivity contribution in [3.63, 3.8) is 0 Å². The van der Waals surface area contributed by atoms with Gasteiger partial charge in [-0.1, -0.05) is 29.1 Å². The number of amides is 1. The Balaban J connectivity index is 2.49. The Morgan fingerprint density at radius 1 is 1.50 bits per heavy atom. The largest absolute Gasteiger partial charge is 0.482 e. The monoisotopic (exact) mass is 257 g/mol. The van der Waals surface area contributed by atoms with Crippen LogP contribution in [0.1, 0.15) is 0 Å². The number of carbonyl (C=O) groups is 1. The number of hydrogen-bond donors (Lipinski definition) is 1. The first kappa shape index (κ1) is 12.7. The zero-order valence-electron chi connectivity index (χ0n) is 8.30. The van der Waals surface area contributed by atoms with E-state index in [1.807, 2.05) is 0 Å². The maximum absolute atomic E-state index is 11.2. The lowest BCUT2D eigenvalue weighted by molar-refractivity contribution is -0.122. The van der Waals surface area contributed by atoms with Crippen molar-refractivity contribution in [2.24, 2.45) is 0 Å². The number of rotatable bonds is 4. The van der Waals surface area contributed by atoms with Crippen molar-refractivity contribution in [3.8, 4) is 18.1 Å². The number of hydrogen-bond acceptors (Lipinski definition) is 2. The Hall–Kier alpha value is -1.37. The molecule has 0 radical (unpaired) electrons. The van der Waals surface area contributed by atoms with Crippen LogP contribution in [0.4, 0.5) is 0 Å². The Morgan fingerprint density at radius 2 is 2.25 bits per heavy atom. The van der Waals surface area contributed by atoms with Crippen molar-refractivity contribution < 1.29 is 9.53 Å². The Bertz CT molecular complexity index is 426. The molecule has 0 fully saturated rings. The molecule has 0 unspecified atom stereocenters. The second-order valence-electron chi connectivity index (χ2n) is 2.84. The van der Waals surface area contributed by atoms with Crippen LogP contribution in [0, 0.1) is 12.3 Å². The SMILES string of the molecule is C#CCNC(=O)COc1ccc(Cl)cc1Cl. The van der Waals surface area contributed by atoms with E-state index in [2.05, 4.69) is 11.2 Å². The third-order valence-corrected chi connectivity index (χ3v) is 2.17. The molecule has 0 atom stereocenters. The summed E-state index contributed by atoms with van der Waals surface area (Å²) in [5, 5.41) is 3.33. The molecule has 1 aromatic carbocycles. The second kappa shape index (κ2) is 6.26. The maximum Gasteiger partial charge on any atom is 0.258 e. The Labute approximate surface area is 104 Å². The van der Waals surface area contributed by atoms with Crippen LogP contribution in [0.5, 0.6) is 5.75 Å². The molecule has 0 aliphatic carbocycles. The summed E-state index contributed by atoms with van der Waals surface area (Å²) in [5.41, 5.74) is 0. The number of benzene rings is 1. The van der Waals surface area contributed by atoms with E-state index >= 15 is 0 Å². The van der Waals surface area contributed by atoms with Crippen molar-refractivity contribution >= 4 is 29.1 Å². The highest BCUT2D eigenvalue weighted by Crippen LogP contribution is 2.27. The average molecular weight is 258 g/mol. The average Bonchev–Trinajstić information content (AvgIpc) is 2.25. The summed E-state index contributed by atoms with van der Waals surface area (Å²) in [5.74, 6) is 2.39. The number of terminal acetylenes is 1. The summed E-state index contributed by atoms with van der Waals surface area (Å²) in [4.78, 5) is 11.2. The van der Waals surface area contributed by atoms with Gasteiger partial charge in [0.25, 0.3) is 5.91 Å². The van der Waals surface area contributed by atoms with Gasteiger partial charge in [-0.25, -0.2) is 0 Å². The molecule has 1 N–H and O–H groups in total. The third kappa shape index (κ3) is 4.01. The van der Waals surface area contributed by atoms with E-state index in [9.17, 15) is 4.79 Å². The summed E-state index contributed by atoms with van der Waals surface area (Å²) < 4.78 is 5.18. The topological polar surface area (TPSA) is 38.3 Å². The van der Waals surface area contributed by atoms with Crippen LogP contribution in [-0.2, 0) is 4.79 Å². The van der Waals surface area contributed by atoms with Gasteiger partial charge in [0.05, 0.1) is 11.6 Å². The Kier molecular flexibility index (Phi) is 4.97. The van der Waals surface area contributed by atoms with Crippen LogP contribution in [0.2, 0.25) is 10.0 Å². The molecule has 3 nitrogen and oxygen atoms in total. The molecule has 0 saturated carbocycles. The van der Waals surface area contributed by atoms with Crippen molar-refractivity contribution in [3.05, 3.63) is 28.2 Å². The minimum atomic E-state index is -0.302. The van der Waals surface area contributed by atoms with E-state index in [1.54, 1.807) is 12.1 Å². The Morgan fingerprint density at radius 3 is 2.88 bits per heavy atom. The first-order valence-electron chi connectivity index (χ1n) is 4.41. The summed E-state index contributed by atoms with van der Waals surface area (Å²) in [6.45, 7) is 0.0412. The molecule has 1 aromatic rings. The molecule has 5 heteroatoms. The molecule has 0 spiro atoms. The molecule has 0 aliphatic heterocycles.